The maximum absolute atomic E-state index is 11.9. The largest absolute Gasteiger partial charge is 0.373 e. The topological polar surface area (TPSA) is 41.6 Å². The molecule has 1 aromatic rings. The lowest BCUT2D eigenvalue weighted by molar-refractivity contribution is -0.121. The maximum Gasteiger partial charge on any atom is 0.225 e. The first kappa shape index (κ1) is 15.5. The second-order valence-corrected chi connectivity index (χ2v) is 6.65. The fourth-order valence-corrected chi connectivity index (χ4v) is 3.31. The molecule has 0 unspecified atom stereocenters. The Morgan fingerprint density at radius 1 is 1.50 bits per heavy atom. The van der Waals surface area contributed by atoms with E-state index in [0.717, 1.165) is 18.0 Å². The predicted octanol–water partition coefficient (Wildman–Crippen LogP) is 1.90. The Hall–Kier alpha value is -0.910. The van der Waals surface area contributed by atoms with Gasteiger partial charge in [-0.2, -0.15) is 0 Å². The Labute approximate surface area is 125 Å². The summed E-state index contributed by atoms with van der Waals surface area (Å²) in [4.78, 5) is 15.4. The molecular formula is C15H24N2O2S. The number of hydrogen-bond acceptors (Lipinski definition) is 4. The molecule has 1 fully saturated rings. The summed E-state index contributed by atoms with van der Waals surface area (Å²) in [6.45, 7) is 8.94. The zero-order valence-electron chi connectivity index (χ0n) is 12.5. The number of amides is 1. The predicted molar refractivity (Wildman–Crippen MR) is 82.1 cm³/mol. The normalized spacial score (nSPS) is 25.4. The van der Waals surface area contributed by atoms with Crippen LogP contribution < -0.4 is 5.32 Å². The highest BCUT2D eigenvalue weighted by molar-refractivity contribution is 7.10. The van der Waals surface area contributed by atoms with Gasteiger partial charge in [0.25, 0.3) is 0 Å². The number of thiophene rings is 1. The second-order valence-electron chi connectivity index (χ2n) is 5.62. The molecule has 0 aromatic carbocycles. The Kier molecular flexibility index (Phi) is 5.57. The van der Waals surface area contributed by atoms with Crippen LogP contribution in [0.3, 0.4) is 0 Å². The van der Waals surface area contributed by atoms with Gasteiger partial charge in [0.1, 0.15) is 0 Å². The van der Waals surface area contributed by atoms with E-state index in [1.807, 2.05) is 17.5 Å². The van der Waals surface area contributed by atoms with E-state index >= 15 is 0 Å². The molecule has 0 bridgehead atoms. The van der Waals surface area contributed by atoms with Crippen LogP contribution in [0.5, 0.6) is 0 Å². The van der Waals surface area contributed by atoms with Crippen molar-refractivity contribution >= 4 is 17.2 Å². The molecule has 0 spiro atoms. The van der Waals surface area contributed by atoms with Gasteiger partial charge in [-0.15, -0.1) is 11.3 Å². The third-order valence-corrected chi connectivity index (χ3v) is 4.46. The van der Waals surface area contributed by atoms with Crippen LogP contribution in [0, 0.1) is 0 Å². The average molecular weight is 296 g/mol. The maximum atomic E-state index is 11.9. The summed E-state index contributed by atoms with van der Waals surface area (Å²) in [5, 5.41) is 5.03. The lowest BCUT2D eigenvalue weighted by atomic mass is 10.1. The van der Waals surface area contributed by atoms with Gasteiger partial charge in [0.2, 0.25) is 5.91 Å². The molecule has 1 N–H and O–H groups in total. The molecule has 0 saturated carbocycles. The van der Waals surface area contributed by atoms with E-state index in [9.17, 15) is 4.79 Å². The van der Waals surface area contributed by atoms with E-state index in [1.165, 1.54) is 0 Å². The summed E-state index contributed by atoms with van der Waals surface area (Å²) in [7, 11) is 0. The molecule has 1 saturated heterocycles. The average Bonchev–Trinajstić information content (AvgIpc) is 2.87. The summed E-state index contributed by atoms with van der Waals surface area (Å²) in [6.07, 6.45) is 1.02. The Morgan fingerprint density at radius 3 is 2.80 bits per heavy atom. The lowest BCUT2D eigenvalue weighted by Gasteiger charge is -2.39. The highest BCUT2D eigenvalue weighted by atomic mass is 32.1. The number of hydrogen-bond donors (Lipinski definition) is 1. The quantitative estimate of drug-likeness (QED) is 0.902. The van der Waals surface area contributed by atoms with Gasteiger partial charge in [-0.25, -0.2) is 0 Å². The highest BCUT2D eigenvalue weighted by Gasteiger charge is 2.25. The molecule has 1 amide bonds. The SMILES string of the molecule is C[C@@H]1CN([C@H](C)CNC(=O)Cc2cccs2)C[C@@H](C)O1. The molecule has 2 rings (SSSR count). The van der Waals surface area contributed by atoms with Crippen molar-refractivity contribution in [3.63, 3.8) is 0 Å². The van der Waals surface area contributed by atoms with Crippen molar-refractivity contribution in [2.75, 3.05) is 19.6 Å². The molecule has 5 heteroatoms. The number of ether oxygens (including phenoxy) is 1. The molecule has 4 nitrogen and oxygen atoms in total. The van der Waals surface area contributed by atoms with Gasteiger partial charge in [-0.05, 0) is 32.2 Å². The van der Waals surface area contributed by atoms with Crippen molar-refractivity contribution in [1.29, 1.82) is 0 Å². The minimum absolute atomic E-state index is 0.105. The Morgan fingerprint density at radius 2 is 2.20 bits per heavy atom. The van der Waals surface area contributed by atoms with Gasteiger partial charge in [0.15, 0.2) is 0 Å². The van der Waals surface area contributed by atoms with Gasteiger partial charge in [0, 0.05) is 30.6 Å². The fourth-order valence-electron chi connectivity index (χ4n) is 2.60. The molecule has 1 aliphatic heterocycles. The lowest BCUT2D eigenvalue weighted by Crippen LogP contribution is -2.52. The first-order chi connectivity index (χ1) is 9.54. The van der Waals surface area contributed by atoms with Crippen LogP contribution >= 0.6 is 11.3 Å². The molecule has 1 aromatic heterocycles. The number of rotatable bonds is 5. The second kappa shape index (κ2) is 7.20. The Bertz CT molecular complexity index is 412. The van der Waals surface area contributed by atoms with Crippen LogP contribution in [0.2, 0.25) is 0 Å². The first-order valence-corrected chi connectivity index (χ1v) is 8.11. The van der Waals surface area contributed by atoms with Crippen molar-refractivity contribution in [2.45, 2.75) is 45.4 Å². The van der Waals surface area contributed by atoms with E-state index < -0.39 is 0 Å². The Balaban J connectivity index is 1.74. The number of carbonyl (C=O) groups excluding carboxylic acids is 1. The number of morpholine rings is 1. The zero-order chi connectivity index (χ0) is 14.5. The van der Waals surface area contributed by atoms with Crippen LogP contribution in [0.15, 0.2) is 17.5 Å². The van der Waals surface area contributed by atoms with Crippen molar-refractivity contribution < 1.29 is 9.53 Å². The summed E-state index contributed by atoms with van der Waals surface area (Å²) in [5.41, 5.74) is 0. The number of carbonyl (C=O) groups is 1. The fraction of sp³-hybridized carbons (Fsp3) is 0.667. The standard InChI is InChI=1S/C15H24N2O2S/c1-11(17-9-12(2)19-13(3)10-17)8-16-15(18)7-14-5-4-6-20-14/h4-6,11-13H,7-10H2,1-3H3,(H,16,18)/t11-,12-,13-/m1/s1. The summed E-state index contributed by atoms with van der Waals surface area (Å²) in [5.74, 6) is 0.105. The van der Waals surface area contributed by atoms with E-state index in [1.54, 1.807) is 11.3 Å². The number of nitrogens with one attached hydrogen (secondary N) is 1. The van der Waals surface area contributed by atoms with E-state index in [2.05, 4.69) is 31.0 Å². The highest BCUT2D eigenvalue weighted by Crippen LogP contribution is 2.13. The summed E-state index contributed by atoms with van der Waals surface area (Å²) in [6, 6.07) is 4.32. The van der Waals surface area contributed by atoms with Crippen molar-refractivity contribution in [3.05, 3.63) is 22.4 Å². The van der Waals surface area contributed by atoms with E-state index in [-0.39, 0.29) is 18.1 Å². The summed E-state index contributed by atoms with van der Waals surface area (Å²) >= 11 is 1.63. The minimum atomic E-state index is 0.105. The van der Waals surface area contributed by atoms with Crippen LogP contribution in [0.25, 0.3) is 0 Å². The smallest absolute Gasteiger partial charge is 0.225 e. The van der Waals surface area contributed by atoms with Crippen molar-refractivity contribution in [1.82, 2.24) is 10.2 Å². The van der Waals surface area contributed by atoms with E-state index in [4.69, 9.17) is 4.74 Å². The number of nitrogens with zero attached hydrogens (tertiary/aromatic N) is 1. The molecule has 0 aliphatic carbocycles. The van der Waals surface area contributed by atoms with Crippen molar-refractivity contribution in [2.24, 2.45) is 0 Å². The summed E-state index contributed by atoms with van der Waals surface area (Å²) < 4.78 is 5.73. The van der Waals surface area contributed by atoms with Gasteiger partial charge in [-0.3, -0.25) is 9.69 Å². The van der Waals surface area contributed by atoms with Gasteiger partial charge < -0.3 is 10.1 Å². The molecule has 3 atom stereocenters. The third kappa shape index (κ3) is 4.58. The minimum Gasteiger partial charge on any atom is -0.373 e. The molecule has 2 heterocycles. The first-order valence-electron chi connectivity index (χ1n) is 7.23. The van der Waals surface area contributed by atoms with E-state index in [0.29, 0.717) is 19.0 Å². The zero-order valence-corrected chi connectivity index (χ0v) is 13.3. The third-order valence-electron chi connectivity index (χ3n) is 3.58. The van der Waals surface area contributed by atoms with Crippen LogP contribution in [0.1, 0.15) is 25.6 Å². The van der Waals surface area contributed by atoms with Crippen LogP contribution in [-0.2, 0) is 16.0 Å². The molecule has 20 heavy (non-hydrogen) atoms. The van der Waals surface area contributed by atoms with Crippen molar-refractivity contribution in [3.8, 4) is 0 Å². The van der Waals surface area contributed by atoms with Gasteiger partial charge in [-0.1, -0.05) is 6.07 Å². The van der Waals surface area contributed by atoms with Crippen LogP contribution in [0.4, 0.5) is 0 Å². The van der Waals surface area contributed by atoms with Gasteiger partial charge >= 0.3 is 0 Å². The molecular weight excluding hydrogens is 272 g/mol. The molecule has 0 radical (unpaired) electrons. The molecule has 1 aliphatic rings. The van der Waals surface area contributed by atoms with Gasteiger partial charge in [0.05, 0.1) is 18.6 Å². The monoisotopic (exact) mass is 296 g/mol. The molecule has 112 valence electrons. The van der Waals surface area contributed by atoms with Crippen LogP contribution in [-0.4, -0.2) is 48.7 Å².